The van der Waals surface area contributed by atoms with Gasteiger partial charge in [0.15, 0.2) is 33.3 Å². The topological polar surface area (TPSA) is 36.9 Å². The van der Waals surface area contributed by atoms with Crippen molar-refractivity contribution in [1.29, 1.82) is 0 Å². The summed E-state index contributed by atoms with van der Waals surface area (Å²) < 4.78 is 27.2. The fourth-order valence-corrected chi connectivity index (χ4v) is 43.2. The van der Waals surface area contributed by atoms with Gasteiger partial charge in [-0.15, -0.1) is 0 Å². The molecule has 0 amide bonds. The van der Waals surface area contributed by atoms with Crippen molar-refractivity contribution in [3.05, 3.63) is 0 Å². The first-order valence-electron chi connectivity index (χ1n) is 8.88. The molecular weight excluding hydrogens is 401 g/mol. The largest absolute Gasteiger partial charge is 0.436 e. The Balaban J connectivity index is 6.14. The van der Waals surface area contributed by atoms with Crippen LogP contribution in [0.2, 0.25) is 91.7 Å². The molecular formula is C14H42O4Si6. The van der Waals surface area contributed by atoms with Gasteiger partial charge < -0.3 is 16.5 Å². The fraction of sp³-hybridized carbons (Fsp3) is 1.00. The first-order valence-corrected chi connectivity index (χ1v) is 28.1. The molecule has 0 saturated heterocycles. The molecule has 0 saturated carbocycles. The van der Waals surface area contributed by atoms with Crippen LogP contribution in [0.3, 0.4) is 0 Å². The first-order chi connectivity index (χ1) is 10.1. The predicted octanol–water partition coefficient (Wildman–Crippen LogP) is 5.61. The lowest BCUT2D eigenvalue weighted by molar-refractivity contribution is 0.342. The molecule has 0 fully saturated rings. The third-order valence-corrected chi connectivity index (χ3v) is 29.1. The van der Waals surface area contributed by atoms with E-state index < -0.39 is 49.4 Å². The van der Waals surface area contributed by atoms with Crippen molar-refractivity contribution < 1.29 is 16.5 Å². The Bertz CT molecular complexity index is 345. The summed E-state index contributed by atoms with van der Waals surface area (Å²) in [5.74, 6) is 0. The van der Waals surface area contributed by atoms with E-state index in [-0.39, 0.29) is 0 Å². The molecule has 0 radical (unpaired) electrons. The van der Waals surface area contributed by atoms with Gasteiger partial charge in [0.1, 0.15) is 0 Å². The molecule has 0 unspecified atom stereocenters. The molecule has 0 aromatic carbocycles. The monoisotopic (exact) mass is 442 g/mol. The Hall–Kier alpha value is 1.14. The van der Waals surface area contributed by atoms with E-state index in [4.69, 9.17) is 16.5 Å². The van der Waals surface area contributed by atoms with Crippen LogP contribution in [0.1, 0.15) is 0 Å². The van der Waals surface area contributed by atoms with Crippen LogP contribution >= 0.6 is 0 Å². The second kappa shape index (κ2) is 7.64. The van der Waals surface area contributed by atoms with Crippen LogP contribution in [0.25, 0.3) is 0 Å². The van der Waals surface area contributed by atoms with Crippen LogP contribution in [0.5, 0.6) is 0 Å². The Morgan fingerprint density at radius 1 is 0.292 bits per heavy atom. The second-order valence-electron chi connectivity index (χ2n) is 10.7. The van der Waals surface area contributed by atoms with E-state index in [1.807, 2.05) is 0 Å². The van der Waals surface area contributed by atoms with Crippen LogP contribution in [0.4, 0.5) is 0 Å². The third-order valence-electron chi connectivity index (χ3n) is 2.83. The molecule has 10 heteroatoms. The highest BCUT2D eigenvalue weighted by Gasteiger charge is 2.62. The van der Waals surface area contributed by atoms with E-state index in [0.29, 0.717) is 0 Å². The first kappa shape index (κ1) is 25.1. The molecule has 0 rings (SSSR count). The molecule has 0 spiro atoms. The standard InChI is InChI=1S/C14H42O4Si6/c1-19(2,3)15-23(13,16-20(4,5)6)24(14,17-21(7,8)9)18-22(10,11)12/h1-14H3. The van der Waals surface area contributed by atoms with Crippen LogP contribution < -0.4 is 0 Å². The lowest BCUT2D eigenvalue weighted by atomic mass is 11.8. The molecule has 0 aromatic heterocycles. The van der Waals surface area contributed by atoms with Gasteiger partial charge in [0.05, 0.1) is 0 Å². The molecule has 0 aromatic rings. The molecule has 0 bridgehead atoms. The normalized spacial score (nSPS) is 15.8. The van der Waals surface area contributed by atoms with E-state index in [2.05, 4.69) is 91.7 Å². The Morgan fingerprint density at radius 3 is 0.500 bits per heavy atom. The smallest absolute Gasteiger partial charge is 0.359 e. The third kappa shape index (κ3) is 9.73. The van der Waals surface area contributed by atoms with Crippen molar-refractivity contribution in [2.45, 2.75) is 91.7 Å². The maximum Gasteiger partial charge on any atom is 0.359 e. The number of rotatable bonds is 9. The predicted molar refractivity (Wildman–Crippen MR) is 121 cm³/mol. The minimum Gasteiger partial charge on any atom is -0.436 e. The van der Waals surface area contributed by atoms with Crippen molar-refractivity contribution in [2.75, 3.05) is 0 Å². The van der Waals surface area contributed by atoms with E-state index in [1.54, 1.807) is 0 Å². The van der Waals surface area contributed by atoms with Crippen molar-refractivity contribution in [1.82, 2.24) is 0 Å². The van der Waals surface area contributed by atoms with Gasteiger partial charge in [0, 0.05) is 0 Å². The maximum atomic E-state index is 6.80. The molecule has 24 heavy (non-hydrogen) atoms. The van der Waals surface area contributed by atoms with Gasteiger partial charge in [-0.25, -0.2) is 0 Å². The quantitative estimate of drug-likeness (QED) is 0.434. The molecule has 0 aliphatic heterocycles. The zero-order valence-corrected chi connectivity index (χ0v) is 24.6. The number of hydrogen-bond donors (Lipinski definition) is 0. The van der Waals surface area contributed by atoms with Crippen LogP contribution in [0.15, 0.2) is 0 Å². The molecule has 146 valence electrons. The Kier molecular flexibility index (Phi) is 8.00. The summed E-state index contributed by atoms with van der Waals surface area (Å²) in [4.78, 5) is 0. The summed E-state index contributed by atoms with van der Waals surface area (Å²) in [6.45, 7) is 31.3. The lowest BCUT2D eigenvalue weighted by Gasteiger charge is -2.50. The number of hydrogen-bond acceptors (Lipinski definition) is 4. The summed E-state index contributed by atoms with van der Waals surface area (Å²) >= 11 is 0. The van der Waals surface area contributed by atoms with Gasteiger partial charge >= 0.3 is 16.2 Å². The zero-order chi connectivity index (χ0) is 19.8. The van der Waals surface area contributed by atoms with E-state index in [1.165, 1.54) is 0 Å². The van der Waals surface area contributed by atoms with Crippen LogP contribution in [0, 0.1) is 0 Å². The van der Waals surface area contributed by atoms with Crippen LogP contribution in [-0.2, 0) is 16.5 Å². The average Bonchev–Trinajstić information content (AvgIpc) is 2.01. The van der Waals surface area contributed by atoms with E-state index in [0.717, 1.165) is 0 Å². The summed E-state index contributed by atoms with van der Waals surface area (Å²) in [5.41, 5.74) is 0. The summed E-state index contributed by atoms with van der Waals surface area (Å²) in [6, 6.07) is 0. The van der Waals surface area contributed by atoms with Gasteiger partial charge in [-0.05, 0) is 91.7 Å². The minimum absolute atomic E-state index is 1.79. The highest BCUT2D eigenvalue weighted by Crippen LogP contribution is 2.34. The SMILES string of the molecule is C[Si](C)(C)O[Si](C)(O[Si](C)(C)C)[Si](C)(O[Si](C)(C)C)O[Si](C)(C)C. The molecule has 0 aliphatic rings. The highest BCUT2D eigenvalue weighted by atomic mass is 29.3. The second-order valence-corrected chi connectivity index (χ2v) is 40.1. The Morgan fingerprint density at radius 2 is 0.417 bits per heavy atom. The Labute approximate surface area is 157 Å². The van der Waals surface area contributed by atoms with Gasteiger partial charge in [-0.3, -0.25) is 0 Å². The van der Waals surface area contributed by atoms with Gasteiger partial charge in [0.2, 0.25) is 0 Å². The molecule has 0 heterocycles. The maximum absolute atomic E-state index is 6.80. The highest BCUT2D eigenvalue weighted by molar-refractivity contribution is 7.36. The molecule has 0 aliphatic carbocycles. The lowest BCUT2D eigenvalue weighted by Crippen LogP contribution is -2.75. The van der Waals surface area contributed by atoms with Gasteiger partial charge in [-0.1, -0.05) is 0 Å². The summed E-state index contributed by atoms with van der Waals surface area (Å²) in [5, 5.41) is 0. The molecule has 0 atom stereocenters. The molecule has 4 nitrogen and oxygen atoms in total. The van der Waals surface area contributed by atoms with Gasteiger partial charge in [0.25, 0.3) is 0 Å². The molecule has 0 N–H and O–H groups in total. The zero-order valence-electron chi connectivity index (χ0n) is 18.6. The van der Waals surface area contributed by atoms with Crippen LogP contribution in [-0.4, -0.2) is 49.4 Å². The van der Waals surface area contributed by atoms with E-state index >= 15 is 0 Å². The average molecular weight is 443 g/mol. The van der Waals surface area contributed by atoms with Crippen molar-refractivity contribution in [2.24, 2.45) is 0 Å². The van der Waals surface area contributed by atoms with Crippen molar-refractivity contribution in [3.8, 4) is 0 Å². The summed E-state index contributed by atoms with van der Waals surface area (Å²) in [7, 11) is -12.4. The fourth-order valence-electron chi connectivity index (χ4n) is 2.75. The van der Waals surface area contributed by atoms with Crippen molar-refractivity contribution >= 4 is 49.4 Å². The summed E-state index contributed by atoms with van der Waals surface area (Å²) in [6.07, 6.45) is 0. The van der Waals surface area contributed by atoms with Crippen molar-refractivity contribution in [3.63, 3.8) is 0 Å². The van der Waals surface area contributed by atoms with Gasteiger partial charge in [-0.2, -0.15) is 0 Å². The van der Waals surface area contributed by atoms with E-state index in [9.17, 15) is 0 Å². The minimum atomic E-state index is -2.61.